The molecule has 0 saturated carbocycles. The van der Waals surface area contributed by atoms with Crippen molar-refractivity contribution in [3.8, 4) is 10.6 Å². The van der Waals surface area contributed by atoms with Crippen LogP contribution in [0.15, 0.2) is 24.3 Å². The van der Waals surface area contributed by atoms with Crippen molar-refractivity contribution in [1.82, 2.24) is 20.8 Å². The summed E-state index contributed by atoms with van der Waals surface area (Å²) < 4.78 is 0. The molecule has 22 heavy (non-hydrogen) atoms. The first kappa shape index (κ1) is 14.9. The van der Waals surface area contributed by atoms with E-state index in [0.29, 0.717) is 5.13 Å². The number of amides is 2. The van der Waals surface area contributed by atoms with Gasteiger partial charge in [-0.3, -0.25) is 5.32 Å². The van der Waals surface area contributed by atoms with E-state index in [-0.39, 0.29) is 12.1 Å². The van der Waals surface area contributed by atoms with Crippen molar-refractivity contribution in [2.75, 3.05) is 18.4 Å². The molecule has 1 aromatic heterocycles. The first-order chi connectivity index (χ1) is 10.7. The van der Waals surface area contributed by atoms with Gasteiger partial charge in [0, 0.05) is 11.6 Å². The van der Waals surface area contributed by atoms with E-state index in [4.69, 9.17) is 0 Å². The summed E-state index contributed by atoms with van der Waals surface area (Å²) in [5.41, 5.74) is 2.21. The van der Waals surface area contributed by atoms with Gasteiger partial charge in [0.1, 0.15) is 5.01 Å². The van der Waals surface area contributed by atoms with E-state index >= 15 is 0 Å². The van der Waals surface area contributed by atoms with Gasteiger partial charge < -0.3 is 10.6 Å². The Hall–Kier alpha value is -1.99. The van der Waals surface area contributed by atoms with Crippen LogP contribution in [0.3, 0.4) is 0 Å². The number of rotatable bonds is 3. The van der Waals surface area contributed by atoms with Crippen molar-refractivity contribution >= 4 is 22.5 Å². The average molecular weight is 317 g/mol. The molecule has 1 fully saturated rings. The molecule has 0 unspecified atom stereocenters. The molecule has 0 radical (unpaired) electrons. The Morgan fingerprint density at radius 2 is 1.95 bits per heavy atom. The van der Waals surface area contributed by atoms with E-state index in [1.54, 1.807) is 0 Å². The summed E-state index contributed by atoms with van der Waals surface area (Å²) in [6, 6.07) is 8.11. The molecule has 1 aliphatic rings. The summed E-state index contributed by atoms with van der Waals surface area (Å²) in [4.78, 5) is 12.0. The smallest absolute Gasteiger partial charge is 0.321 e. The predicted octanol–water partition coefficient (Wildman–Crippen LogP) is 2.39. The number of hydrogen-bond acceptors (Lipinski definition) is 5. The van der Waals surface area contributed by atoms with Crippen LogP contribution in [0.1, 0.15) is 18.4 Å². The van der Waals surface area contributed by atoms with Gasteiger partial charge in [-0.2, -0.15) is 0 Å². The Morgan fingerprint density at radius 3 is 2.68 bits per heavy atom. The standard InChI is InChI=1S/C15H19N5OS/c1-10-2-4-11(5-3-10)13-19-20-15(22-13)18-14(21)17-12-6-8-16-9-7-12/h2-5,12,16H,6-9H2,1H3,(H2,17,18,20,21). The monoisotopic (exact) mass is 317 g/mol. The summed E-state index contributed by atoms with van der Waals surface area (Å²) in [6.45, 7) is 3.94. The fraction of sp³-hybridized carbons (Fsp3) is 0.400. The van der Waals surface area contributed by atoms with Crippen LogP contribution in [0.25, 0.3) is 10.6 Å². The molecule has 0 atom stereocenters. The summed E-state index contributed by atoms with van der Waals surface area (Å²) in [5, 5.41) is 18.5. The van der Waals surface area contributed by atoms with E-state index in [0.717, 1.165) is 36.5 Å². The Labute approximate surface area is 133 Å². The number of aromatic nitrogens is 2. The lowest BCUT2D eigenvalue weighted by Gasteiger charge is -2.23. The fourth-order valence-corrected chi connectivity index (χ4v) is 3.12. The summed E-state index contributed by atoms with van der Waals surface area (Å²) >= 11 is 1.38. The summed E-state index contributed by atoms with van der Waals surface area (Å²) in [5.74, 6) is 0. The van der Waals surface area contributed by atoms with Crippen molar-refractivity contribution in [3.63, 3.8) is 0 Å². The molecule has 1 aromatic carbocycles. The number of anilines is 1. The van der Waals surface area contributed by atoms with Crippen LogP contribution in [0.4, 0.5) is 9.93 Å². The molecule has 3 N–H and O–H groups in total. The molecule has 1 saturated heterocycles. The quantitative estimate of drug-likeness (QED) is 0.812. The molecule has 116 valence electrons. The van der Waals surface area contributed by atoms with Crippen LogP contribution in [0.2, 0.25) is 0 Å². The highest BCUT2D eigenvalue weighted by molar-refractivity contribution is 7.18. The maximum Gasteiger partial charge on any atom is 0.321 e. The zero-order valence-electron chi connectivity index (χ0n) is 12.4. The molecule has 1 aliphatic heterocycles. The van der Waals surface area contributed by atoms with Gasteiger partial charge in [-0.05, 0) is 32.9 Å². The number of piperidine rings is 1. The lowest BCUT2D eigenvalue weighted by atomic mass is 10.1. The molecule has 0 bridgehead atoms. The number of nitrogens with one attached hydrogen (secondary N) is 3. The average Bonchev–Trinajstić information content (AvgIpc) is 2.97. The largest absolute Gasteiger partial charge is 0.335 e. The Bertz CT molecular complexity index is 634. The third-order valence-corrected chi connectivity index (χ3v) is 4.51. The molecule has 2 heterocycles. The van der Waals surface area contributed by atoms with Gasteiger partial charge >= 0.3 is 6.03 Å². The van der Waals surface area contributed by atoms with Crippen LogP contribution >= 0.6 is 11.3 Å². The number of aryl methyl sites for hydroxylation is 1. The first-order valence-corrected chi connectivity index (χ1v) is 8.21. The topological polar surface area (TPSA) is 78.9 Å². The SMILES string of the molecule is Cc1ccc(-c2nnc(NC(=O)NC3CCNCC3)s2)cc1. The van der Waals surface area contributed by atoms with Crippen molar-refractivity contribution in [2.24, 2.45) is 0 Å². The Kier molecular flexibility index (Phi) is 4.65. The minimum Gasteiger partial charge on any atom is -0.335 e. The van der Waals surface area contributed by atoms with E-state index < -0.39 is 0 Å². The highest BCUT2D eigenvalue weighted by Gasteiger charge is 2.16. The van der Waals surface area contributed by atoms with Crippen LogP contribution in [-0.4, -0.2) is 35.4 Å². The number of benzene rings is 1. The number of nitrogens with zero attached hydrogens (tertiary/aromatic N) is 2. The fourth-order valence-electron chi connectivity index (χ4n) is 2.37. The highest BCUT2D eigenvalue weighted by Crippen LogP contribution is 2.26. The van der Waals surface area contributed by atoms with Crippen molar-refractivity contribution in [3.05, 3.63) is 29.8 Å². The number of carbonyl (C=O) groups is 1. The molecule has 2 aromatic rings. The zero-order chi connectivity index (χ0) is 15.4. The maximum absolute atomic E-state index is 12.0. The van der Waals surface area contributed by atoms with Crippen molar-refractivity contribution < 1.29 is 4.79 Å². The molecule has 3 rings (SSSR count). The van der Waals surface area contributed by atoms with E-state index in [1.807, 2.05) is 31.2 Å². The highest BCUT2D eigenvalue weighted by atomic mass is 32.1. The summed E-state index contributed by atoms with van der Waals surface area (Å²) in [7, 11) is 0. The van der Waals surface area contributed by atoms with Gasteiger partial charge in [0.25, 0.3) is 0 Å². The third-order valence-electron chi connectivity index (χ3n) is 3.62. The van der Waals surface area contributed by atoms with Gasteiger partial charge in [-0.1, -0.05) is 41.2 Å². The normalized spacial score (nSPS) is 15.5. The predicted molar refractivity (Wildman–Crippen MR) is 88.1 cm³/mol. The van der Waals surface area contributed by atoms with Gasteiger partial charge in [-0.15, -0.1) is 10.2 Å². The van der Waals surface area contributed by atoms with E-state index in [9.17, 15) is 4.79 Å². The van der Waals surface area contributed by atoms with Gasteiger partial charge in [0.2, 0.25) is 5.13 Å². The maximum atomic E-state index is 12.0. The van der Waals surface area contributed by atoms with Crippen molar-refractivity contribution in [1.29, 1.82) is 0 Å². The second-order valence-electron chi connectivity index (χ2n) is 5.40. The van der Waals surface area contributed by atoms with Gasteiger partial charge in [0.15, 0.2) is 0 Å². The van der Waals surface area contributed by atoms with Crippen LogP contribution in [0.5, 0.6) is 0 Å². The van der Waals surface area contributed by atoms with E-state index in [2.05, 4.69) is 26.1 Å². The number of hydrogen-bond donors (Lipinski definition) is 3. The number of carbonyl (C=O) groups excluding carboxylic acids is 1. The lowest BCUT2D eigenvalue weighted by Crippen LogP contribution is -2.44. The second-order valence-corrected chi connectivity index (χ2v) is 6.38. The van der Waals surface area contributed by atoms with Gasteiger partial charge in [-0.25, -0.2) is 4.79 Å². The third kappa shape index (κ3) is 3.80. The van der Waals surface area contributed by atoms with Crippen LogP contribution in [0, 0.1) is 6.92 Å². The van der Waals surface area contributed by atoms with Crippen LogP contribution < -0.4 is 16.0 Å². The molecule has 6 nitrogen and oxygen atoms in total. The lowest BCUT2D eigenvalue weighted by molar-refractivity contribution is 0.245. The molecule has 7 heteroatoms. The number of urea groups is 1. The zero-order valence-corrected chi connectivity index (χ0v) is 13.2. The first-order valence-electron chi connectivity index (χ1n) is 7.39. The summed E-state index contributed by atoms with van der Waals surface area (Å²) in [6.07, 6.45) is 1.91. The molecular formula is C15H19N5OS. The van der Waals surface area contributed by atoms with Crippen LogP contribution in [-0.2, 0) is 0 Å². The minimum atomic E-state index is -0.210. The van der Waals surface area contributed by atoms with Crippen molar-refractivity contribution in [2.45, 2.75) is 25.8 Å². The Balaban J connectivity index is 1.59. The molecule has 2 amide bonds. The Morgan fingerprint density at radius 1 is 1.23 bits per heavy atom. The second kappa shape index (κ2) is 6.85. The molecule has 0 spiro atoms. The molecule has 0 aliphatic carbocycles. The van der Waals surface area contributed by atoms with E-state index in [1.165, 1.54) is 16.9 Å². The van der Waals surface area contributed by atoms with Gasteiger partial charge in [0.05, 0.1) is 0 Å². The molecular weight excluding hydrogens is 298 g/mol. The minimum absolute atomic E-state index is 0.210.